The van der Waals surface area contributed by atoms with Crippen molar-refractivity contribution in [2.45, 2.75) is 10.8 Å². The molecule has 0 N–H and O–H groups in total. The number of nitrogens with zero attached hydrogens (tertiary/aromatic N) is 1. The molecular weight excluding hydrogens is 759 g/mol. The largest absolute Gasteiger partial charge is 0.309 e. The molecule has 1 heteroatoms. The molecule has 0 aliphatic heterocycles. The molecule has 0 unspecified atom stereocenters. The van der Waals surface area contributed by atoms with E-state index in [1.165, 1.54) is 94.7 Å². The van der Waals surface area contributed by atoms with Crippen molar-refractivity contribution < 1.29 is 0 Å². The van der Waals surface area contributed by atoms with Crippen molar-refractivity contribution in [1.29, 1.82) is 0 Å². The van der Waals surface area contributed by atoms with Crippen molar-refractivity contribution in [3.8, 4) is 44.5 Å². The van der Waals surface area contributed by atoms with Gasteiger partial charge >= 0.3 is 0 Å². The van der Waals surface area contributed by atoms with Gasteiger partial charge in [-0.25, -0.2) is 0 Å². The van der Waals surface area contributed by atoms with Crippen LogP contribution in [0.1, 0.15) is 44.5 Å². The zero-order valence-corrected chi connectivity index (χ0v) is 34.6. The fourth-order valence-electron chi connectivity index (χ4n) is 11.8. The molecule has 10 aromatic rings. The first-order valence-corrected chi connectivity index (χ1v) is 22.0. The molecule has 0 amide bonds. The van der Waals surface area contributed by atoms with Gasteiger partial charge in [-0.2, -0.15) is 0 Å². The molecule has 10 aromatic carbocycles. The van der Waals surface area contributed by atoms with Crippen LogP contribution in [0, 0.1) is 0 Å². The molecule has 0 saturated carbocycles. The molecule has 0 aromatic heterocycles. The molecule has 3 aliphatic rings. The highest BCUT2D eigenvalue weighted by molar-refractivity contribution is 6.09. The van der Waals surface area contributed by atoms with Gasteiger partial charge in [-0.05, 0) is 108 Å². The summed E-state index contributed by atoms with van der Waals surface area (Å²) in [7, 11) is 0. The van der Waals surface area contributed by atoms with Crippen molar-refractivity contribution in [3.63, 3.8) is 0 Å². The lowest BCUT2D eigenvalue weighted by molar-refractivity contribution is 0.753. The molecule has 0 fully saturated rings. The number of rotatable bonds is 6. The van der Waals surface area contributed by atoms with Gasteiger partial charge in [-0.15, -0.1) is 0 Å². The van der Waals surface area contributed by atoms with Crippen LogP contribution in [0.5, 0.6) is 0 Å². The van der Waals surface area contributed by atoms with Crippen LogP contribution in [0.25, 0.3) is 44.5 Å². The van der Waals surface area contributed by atoms with Crippen molar-refractivity contribution in [2.75, 3.05) is 4.90 Å². The standard InChI is InChI=1S/C62H41N/c1-6-22-42(23-7-1)43-38-39-51-55(40-43)61(44-24-8-2-9-25-44,45-26-10-3-11-27-45)56-41-57-58(60(59(51)56)63(46-28-12-4-13-29-46)47-30-14-5-15-31-47)50-34-18-21-37-54(50)62(57)52-35-19-16-32-48(52)49-33-17-20-36-53(49)62/h1-41H. The van der Waals surface area contributed by atoms with E-state index in [0.717, 1.165) is 11.4 Å². The van der Waals surface area contributed by atoms with Gasteiger partial charge in [0.15, 0.2) is 0 Å². The van der Waals surface area contributed by atoms with E-state index in [9.17, 15) is 0 Å². The van der Waals surface area contributed by atoms with E-state index in [1.807, 2.05) is 0 Å². The minimum Gasteiger partial charge on any atom is -0.309 e. The summed E-state index contributed by atoms with van der Waals surface area (Å²) < 4.78 is 0. The van der Waals surface area contributed by atoms with Crippen LogP contribution in [0.15, 0.2) is 249 Å². The highest BCUT2D eigenvalue weighted by Crippen LogP contribution is 2.69. The predicted molar refractivity (Wildman–Crippen MR) is 260 cm³/mol. The van der Waals surface area contributed by atoms with Crippen molar-refractivity contribution in [2.24, 2.45) is 0 Å². The summed E-state index contributed by atoms with van der Waals surface area (Å²) in [6, 6.07) is 93.0. The van der Waals surface area contributed by atoms with Crippen LogP contribution >= 0.6 is 0 Å². The van der Waals surface area contributed by atoms with Crippen LogP contribution in [-0.4, -0.2) is 0 Å². The van der Waals surface area contributed by atoms with Crippen LogP contribution in [0.2, 0.25) is 0 Å². The Morgan fingerprint density at radius 3 is 1.17 bits per heavy atom. The Balaban J connectivity index is 1.29. The lowest BCUT2D eigenvalue weighted by Gasteiger charge is -2.37. The summed E-state index contributed by atoms with van der Waals surface area (Å²) in [5.41, 5.74) is 22.6. The van der Waals surface area contributed by atoms with E-state index in [-0.39, 0.29) is 0 Å². The highest BCUT2D eigenvalue weighted by atomic mass is 15.1. The third-order valence-corrected chi connectivity index (χ3v) is 14.1. The van der Waals surface area contributed by atoms with Crippen molar-refractivity contribution in [3.05, 3.63) is 293 Å². The van der Waals surface area contributed by atoms with Gasteiger partial charge in [-0.3, -0.25) is 0 Å². The van der Waals surface area contributed by atoms with E-state index < -0.39 is 10.8 Å². The maximum atomic E-state index is 2.66. The number of para-hydroxylation sites is 2. The summed E-state index contributed by atoms with van der Waals surface area (Å²) in [5.74, 6) is 0. The maximum absolute atomic E-state index is 2.66. The van der Waals surface area contributed by atoms with Crippen LogP contribution in [-0.2, 0) is 10.8 Å². The van der Waals surface area contributed by atoms with E-state index in [4.69, 9.17) is 0 Å². The topological polar surface area (TPSA) is 3.24 Å². The SMILES string of the molecule is c1ccc(-c2ccc3c(c2)C(c2ccccc2)(c2ccccc2)c2cc4c(c(N(c5ccccc5)c5ccccc5)c2-3)-c2ccccc2C42c3ccccc3-c3ccccc32)cc1. The summed E-state index contributed by atoms with van der Waals surface area (Å²) in [5, 5.41) is 0. The predicted octanol–water partition coefficient (Wildman–Crippen LogP) is 15.5. The highest BCUT2D eigenvalue weighted by Gasteiger charge is 2.56. The fraction of sp³-hybridized carbons (Fsp3) is 0.0323. The van der Waals surface area contributed by atoms with Gasteiger partial charge in [0.2, 0.25) is 0 Å². The molecule has 1 nitrogen and oxygen atoms in total. The molecule has 63 heavy (non-hydrogen) atoms. The average Bonchev–Trinajstić information content (AvgIpc) is 3.95. The molecule has 0 heterocycles. The Bertz CT molecular complexity index is 3250. The summed E-state index contributed by atoms with van der Waals surface area (Å²) in [4.78, 5) is 2.56. The smallest absolute Gasteiger partial charge is 0.0726 e. The minimum absolute atomic E-state index is 0.564. The second-order valence-electron chi connectivity index (χ2n) is 17.1. The molecule has 13 rings (SSSR count). The third kappa shape index (κ3) is 4.82. The molecular formula is C62H41N. The van der Waals surface area contributed by atoms with Crippen LogP contribution < -0.4 is 4.90 Å². The Labute approximate surface area is 368 Å². The van der Waals surface area contributed by atoms with Crippen LogP contribution in [0.3, 0.4) is 0 Å². The first-order chi connectivity index (χ1) is 31.3. The molecule has 1 spiro atoms. The van der Waals surface area contributed by atoms with Crippen molar-refractivity contribution in [1.82, 2.24) is 0 Å². The number of hydrogen-bond donors (Lipinski definition) is 0. The number of fused-ring (bicyclic) bond motifs is 13. The Kier molecular flexibility index (Phi) is 7.80. The number of benzene rings is 10. The summed E-state index contributed by atoms with van der Waals surface area (Å²) in [6.45, 7) is 0. The maximum Gasteiger partial charge on any atom is 0.0726 e. The van der Waals surface area contributed by atoms with Gasteiger partial charge in [-0.1, -0.05) is 218 Å². The van der Waals surface area contributed by atoms with Gasteiger partial charge in [0.05, 0.1) is 16.5 Å². The molecule has 0 bridgehead atoms. The molecule has 0 saturated heterocycles. The van der Waals surface area contributed by atoms with E-state index in [1.54, 1.807) is 0 Å². The summed E-state index contributed by atoms with van der Waals surface area (Å²) >= 11 is 0. The third-order valence-electron chi connectivity index (χ3n) is 14.1. The van der Waals surface area contributed by atoms with Gasteiger partial charge in [0.1, 0.15) is 0 Å². The molecule has 0 radical (unpaired) electrons. The zero-order valence-electron chi connectivity index (χ0n) is 34.6. The zero-order chi connectivity index (χ0) is 41.5. The van der Waals surface area contributed by atoms with Crippen LogP contribution in [0.4, 0.5) is 17.1 Å². The quantitative estimate of drug-likeness (QED) is 0.162. The fourth-order valence-corrected chi connectivity index (χ4v) is 11.8. The first kappa shape index (κ1) is 35.7. The second kappa shape index (κ2) is 13.8. The van der Waals surface area contributed by atoms with Gasteiger partial charge < -0.3 is 4.90 Å². The van der Waals surface area contributed by atoms with Gasteiger partial charge in [0.25, 0.3) is 0 Å². The molecule has 0 atom stereocenters. The summed E-state index contributed by atoms with van der Waals surface area (Å²) in [6.07, 6.45) is 0. The van der Waals surface area contributed by atoms with E-state index in [2.05, 4.69) is 254 Å². The first-order valence-electron chi connectivity index (χ1n) is 22.0. The van der Waals surface area contributed by atoms with E-state index in [0.29, 0.717) is 0 Å². The lowest BCUT2D eigenvalue weighted by atomic mass is 9.65. The average molecular weight is 800 g/mol. The van der Waals surface area contributed by atoms with Crippen molar-refractivity contribution >= 4 is 17.1 Å². The second-order valence-corrected chi connectivity index (χ2v) is 17.1. The number of anilines is 3. The Morgan fingerprint density at radius 1 is 0.254 bits per heavy atom. The normalized spacial score (nSPS) is 14.0. The molecule has 294 valence electrons. The lowest BCUT2D eigenvalue weighted by Crippen LogP contribution is -2.30. The van der Waals surface area contributed by atoms with E-state index >= 15 is 0 Å². The monoisotopic (exact) mass is 799 g/mol. The number of hydrogen-bond acceptors (Lipinski definition) is 1. The van der Waals surface area contributed by atoms with Gasteiger partial charge in [0, 0.05) is 22.5 Å². The Hall–Kier alpha value is -8.00. The minimum atomic E-state index is -0.672. The Morgan fingerprint density at radius 2 is 0.651 bits per heavy atom. The molecule has 3 aliphatic carbocycles.